The van der Waals surface area contributed by atoms with Crippen molar-refractivity contribution in [1.82, 2.24) is 0 Å². The summed E-state index contributed by atoms with van der Waals surface area (Å²) in [6.07, 6.45) is 6.53. The molecule has 0 bridgehead atoms. The zero-order valence-corrected chi connectivity index (χ0v) is 7.51. The van der Waals surface area contributed by atoms with E-state index in [9.17, 15) is 0 Å². The van der Waals surface area contributed by atoms with Crippen molar-refractivity contribution in [3.63, 3.8) is 0 Å². The molecule has 1 nitrogen and oxygen atoms in total. The summed E-state index contributed by atoms with van der Waals surface area (Å²) in [5.41, 5.74) is 1.29. The first-order valence-corrected chi connectivity index (χ1v) is 4.19. The molecule has 0 saturated carbocycles. The van der Waals surface area contributed by atoms with Gasteiger partial charge in [0.1, 0.15) is 0 Å². The minimum atomic E-state index is -0.229. The predicted octanol–water partition coefficient (Wildman–Crippen LogP) is 2.67. The maximum atomic E-state index is 9.10. The highest BCUT2D eigenvalue weighted by atomic mass is 16.3. The molecule has 0 radical (unpaired) electrons. The van der Waals surface area contributed by atoms with Crippen LogP contribution in [0.25, 0.3) is 0 Å². The highest BCUT2D eigenvalue weighted by molar-refractivity contribution is 5.10. The topological polar surface area (TPSA) is 20.2 Å². The molecule has 0 aliphatic carbocycles. The summed E-state index contributed by atoms with van der Waals surface area (Å²) in [5.74, 6) is 0. The van der Waals surface area contributed by atoms with Gasteiger partial charge in [-0.2, -0.15) is 0 Å². The molecular weight excluding hydrogens is 136 g/mol. The van der Waals surface area contributed by atoms with Crippen LogP contribution < -0.4 is 0 Å². The summed E-state index contributed by atoms with van der Waals surface area (Å²) in [7, 11) is 0. The Morgan fingerprint density at radius 1 is 1.64 bits per heavy atom. The van der Waals surface area contributed by atoms with E-state index in [2.05, 4.69) is 13.5 Å². The Morgan fingerprint density at radius 2 is 2.27 bits per heavy atom. The van der Waals surface area contributed by atoms with Crippen LogP contribution in [0, 0.1) is 0 Å². The molecule has 1 N–H and O–H groups in total. The molecular formula is C10H18O. The first kappa shape index (κ1) is 10.4. The summed E-state index contributed by atoms with van der Waals surface area (Å²) in [6, 6.07) is 0. The van der Waals surface area contributed by atoms with Crippen molar-refractivity contribution < 1.29 is 5.11 Å². The zero-order valence-electron chi connectivity index (χ0n) is 7.51. The van der Waals surface area contributed by atoms with Gasteiger partial charge < -0.3 is 5.11 Å². The minimum absolute atomic E-state index is 0.229. The van der Waals surface area contributed by atoms with Crippen molar-refractivity contribution in [2.24, 2.45) is 0 Å². The molecule has 0 amide bonds. The van der Waals surface area contributed by atoms with Gasteiger partial charge in [0.15, 0.2) is 0 Å². The molecule has 0 aromatic heterocycles. The van der Waals surface area contributed by atoms with E-state index < -0.39 is 0 Å². The van der Waals surface area contributed by atoms with Gasteiger partial charge in [0.05, 0.1) is 6.10 Å². The summed E-state index contributed by atoms with van der Waals surface area (Å²) in [4.78, 5) is 0. The molecule has 0 unspecified atom stereocenters. The molecule has 11 heavy (non-hydrogen) atoms. The molecule has 0 aliphatic heterocycles. The zero-order chi connectivity index (χ0) is 8.69. The molecule has 0 aromatic carbocycles. The fourth-order valence-electron chi connectivity index (χ4n) is 1.12. The number of hydrogen-bond acceptors (Lipinski definition) is 1. The molecule has 0 heterocycles. The van der Waals surface area contributed by atoms with Gasteiger partial charge in [-0.15, -0.1) is 0 Å². The van der Waals surface area contributed by atoms with Crippen LogP contribution in [0.3, 0.4) is 0 Å². The fourth-order valence-corrected chi connectivity index (χ4v) is 1.12. The Kier molecular flexibility index (Phi) is 5.86. The average molecular weight is 154 g/mol. The van der Waals surface area contributed by atoms with Gasteiger partial charge in [-0.3, -0.25) is 0 Å². The van der Waals surface area contributed by atoms with E-state index in [4.69, 9.17) is 5.11 Å². The Morgan fingerprint density at radius 3 is 2.64 bits per heavy atom. The van der Waals surface area contributed by atoms with Crippen LogP contribution >= 0.6 is 0 Å². The number of aliphatic hydroxyl groups is 1. The maximum absolute atomic E-state index is 9.10. The van der Waals surface area contributed by atoms with Crippen molar-refractivity contribution in [2.45, 2.75) is 39.2 Å². The SMILES string of the molecule is C=C/C=C(\CCC)C[C@@H](C)O. The maximum Gasteiger partial charge on any atom is 0.0549 e. The third-order valence-corrected chi connectivity index (χ3v) is 1.48. The molecule has 0 rings (SSSR count). The van der Waals surface area contributed by atoms with Crippen LogP contribution in [0.5, 0.6) is 0 Å². The van der Waals surface area contributed by atoms with Crippen LogP contribution in [0.2, 0.25) is 0 Å². The largest absolute Gasteiger partial charge is 0.393 e. The number of hydrogen-bond donors (Lipinski definition) is 1. The molecule has 0 aromatic rings. The lowest BCUT2D eigenvalue weighted by atomic mass is 10.0. The third kappa shape index (κ3) is 5.86. The first-order chi connectivity index (χ1) is 5.20. The second-order valence-electron chi connectivity index (χ2n) is 2.86. The summed E-state index contributed by atoms with van der Waals surface area (Å²) < 4.78 is 0. The van der Waals surface area contributed by atoms with E-state index in [0.717, 1.165) is 19.3 Å². The fraction of sp³-hybridized carbons (Fsp3) is 0.600. The molecule has 0 saturated heterocycles. The lowest BCUT2D eigenvalue weighted by Gasteiger charge is -2.06. The number of aliphatic hydroxyl groups excluding tert-OH is 1. The van der Waals surface area contributed by atoms with E-state index in [1.54, 1.807) is 6.08 Å². The lowest BCUT2D eigenvalue weighted by Crippen LogP contribution is -2.01. The Bertz CT molecular complexity index is 134. The first-order valence-electron chi connectivity index (χ1n) is 4.19. The second kappa shape index (κ2) is 6.17. The van der Waals surface area contributed by atoms with Crippen molar-refractivity contribution in [2.75, 3.05) is 0 Å². The Balaban J connectivity index is 3.88. The highest BCUT2D eigenvalue weighted by Crippen LogP contribution is 2.11. The van der Waals surface area contributed by atoms with E-state index in [0.29, 0.717) is 0 Å². The minimum Gasteiger partial charge on any atom is -0.393 e. The monoisotopic (exact) mass is 154 g/mol. The van der Waals surface area contributed by atoms with Crippen LogP contribution in [0.1, 0.15) is 33.1 Å². The van der Waals surface area contributed by atoms with Gasteiger partial charge >= 0.3 is 0 Å². The molecule has 0 fully saturated rings. The van der Waals surface area contributed by atoms with E-state index in [1.165, 1.54) is 5.57 Å². The standard InChI is InChI=1S/C10H18O/c1-4-6-10(7-5-2)8-9(3)11/h4,6,9,11H,1,5,7-8H2,2-3H3/b10-6+/t9-/m1/s1. The normalized spacial score (nSPS) is 14.6. The third-order valence-electron chi connectivity index (χ3n) is 1.48. The van der Waals surface area contributed by atoms with Crippen LogP contribution in [0.4, 0.5) is 0 Å². The smallest absolute Gasteiger partial charge is 0.0549 e. The van der Waals surface area contributed by atoms with Crippen LogP contribution in [-0.2, 0) is 0 Å². The lowest BCUT2D eigenvalue weighted by molar-refractivity contribution is 0.194. The number of allylic oxidation sites excluding steroid dienone is 2. The van der Waals surface area contributed by atoms with Gasteiger partial charge in [-0.1, -0.05) is 37.6 Å². The van der Waals surface area contributed by atoms with Crippen molar-refractivity contribution in [1.29, 1.82) is 0 Å². The van der Waals surface area contributed by atoms with Crippen molar-refractivity contribution in [3.8, 4) is 0 Å². The quantitative estimate of drug-likeness (QED) is 0.604. The van der Waals surface area contributed by atoms with Crippen LogP contribution in [0.15, 0.2) is 24.3 Å². The van der Waals surface area contributed by atoms with E-state index >= 15 is 0 Å². The molecule has 1 heteroatoms. The van der Waals surface area contributed by atoms with Gasteiger partial charge in [0.25, 0.3) is 0 Å². The van der Waals surface area contributed by atoms with Crippen LogP contribution in [-0.4, -0.2) is 11.2 Å². The van der Waals surface area contributed by atoms with Gasteiger partial charge in [0.2, 0.25) is 0 Å². The Labute approximate surface area is 69.4 Å². The van der Waals surface area contributed by atoms with Gasteiger partial charge in [-0.25, -0.2) is 0 Å². The molecule has 0 spiro atoms. The number of rotatable bonds is 5. The average Bonchev–Trinajstić information content (AvgIpc) is 1.87. The van der Waals surface area contributed by atoms with Gasteiger partial charge in [-0.05, 0) is 19.8 Å². The Hall–Kier alpha value is -0.560. The predicted molar refractivity (Wildman–Crippen MR) is 49.5 cm³/mol. The summed E-state index contributed by atoms with van der Waals surface area (Å²) in [6.45, 7) is 7.58. The van der Waals surface area contributed by atoms with E-state index in [1.807, 2.05) is 13.0 Å². The van der Waals surface area contributed by atoms with E-state index in [-0.39, 0.29) is 6.10 Å². The molecule has 0 aliphatic rings. The summed E-state index contributed by atoms with van der Waals surface area (Å²) in [5, 5.41) is 9.10. The van der Waals surface area contributed by atoms with Crippen molar-refractivity contribution >= 4 is 0 Å². The van der Waals surface area contributed by atoms with Gasteiger partial charge in [0, 0.05) is 0 Å². The highest BCUT2D eigenvalue weighted by Gasteiger charge is 1.99. The molecule has 64 valence electrons. The summed E-state index contributed by atoms with van der Waals surface area (Å²) >= 11 is 0. The van der Waals surface area contributed by atoms with Crippen molar-refractivity contribution in [3.05, 3.63) is 24.3 Å². The second-order valence-corrected chi connectivity index (χ2v) is 2.86. The molecule has 1 atom stereocenters.